The number of amides is 1. The van der Waals surface area contributed by atoms with E-state index in [-0.39, 0.29) is 18.1 Å². The molecule has 1 amide bonds. The molecule has 2 aromatic heterocycles. The van der Waals surface area contributed by atoms with Gasteiger partial charge in [-0.3, -0.25) is 14.5 Å². The lowest BCUT2D eigenvalue weighted by Crippen LogP contribution is -2.41. The fourth-order valence-electron chi connectivity index (χ4n) is 4.04. The standard InChI is InChI=1S/C25H29N5O2/c1-17(11-26)19-6-3-5-18(9-19)16-32-24-8-4-7-23(24)29-25(31)21-10-20(12-27-13-21)22-14-28-30(2)15-22/h3,5-6,9-10,12-15,23-24H,1,4,7-8,11,16,26H2,2H3,(H,29,31)/t23-,24-/m0/s1. The van der Waals surface area contributed by atoms with Crippen LogP contribution in [-0.4, -0.2) is 39.4 Å². The van der Waals surface area contributed by atoms with E-state index >= 15 is 0 Å². The molecule has 0 radical (unpaired) electrons. The Bertz CT molecular complexity index is 1110. The molecule has 3 N–H and O–H groups in total. The predicted molar refractivity (Wildman–Crippen MR) is 125 cm³/mol. The minimum Gasteiger partial charge on any atom is -0.371 e. The van der Waals surface area contributed by atoms with Crippen LogP contribution in [0.3, 0.4) is 0 Å². The number of nitrogens with two attached hydrogens (primary N) is 1. The van der Waals surface area contributed by atoms with Crippen LogP contribution in [0.1, 0.15) is 40.7 Å². The van der Waals surface area contributed by atoms with E-state index in [2.05, 4.69) is 28.0 Å². The molecule has 3 aromatic rings. The number of rotatable bonds is 8. The Balaban J connectivity index is 1.38. The average Bonchev–Trinajstić information content (AvgIpc) is 3.46. The second-order valence-electron chi connectivity index (χ2n) is 8.23. The molecule has 1 aliphatic rings. The quantitative estimate of drug-likeness (QED) is 0.571. The largest absolute Gasteiger partial charge is 0.371 e. The summed E-state index contributed by atoms with van der Waals surface area (Å²) in [6, 6.07) is 9.92. The molecule has 7 heteroatoms. The van der Waals surface area contributed by atoms with Crippen molar-refractivity contribution in [1.29, 1.82) is 0 Å². The van der Waals surface area contributed by atoms with Crippen LogP contribution < -0.4 is 11.1 Å². The maximum atomic E-state index is 12.9. The van der Waals surface area contributed by atoms with E-state index < -0.39 is 0 Å². The first kappa shape index (κ1) is 21.9. The first-order valence-corrected chi connectivity index (χ1v) is 10.9. The van der Waals surface area contributed by atoms with Crippen LogP contribution in [0.4, 0.5) is 0 Å². The normalized spacial score (nSPS) is 17.9. The number of carbonyl (C=O) groups excluding carboxylic acids is 1. The van der Waals surface area contributed by atoms with Crippen LogP contribution in [0.2, 0.25) is 0 Å². The lowest BCUT2D eigenvalue weighted by molar-refractivity contribution is 0.0272. The number of hydrogen-bond donors (Lipinski definition) is 2. The van der Waals surface area contributed by atoms with Gasteiger partial charge in [-0.25, -0.2) is 0 Å². The van der Waals surface area contributed by atoms with Crippen LogP contribution >= 0.6 is 0 Å². The number of hydrogen-bond acceptors (Lipinski definition) is 5. The minimum absolute atomic E-state index is 0.0187. The Morgan fingerprint density at radius 2 is 2.09 bits per heavy atom. The fraction of sp³-hybridized carbons (Fsp3) is 0.320. The van der Waals surface area contributed by atoms with Gasteiger partial charge in [-0.05, 0) is 48.1 Å². The maximum Gasteiger partial charge on any atom is 0.253 e. The molecule has 1 saturated carbocycles. The van der Waals surface area contributed by atoms with Crippen molar-refractivity contribution in [3.05, 3.63) is 78.4 Å². The van der Waals surface area contributed by atoms with Crippen LogP contribution in [0.15, 0.2) is 61.7 Å². The van der Waals surface area contributed by atoms with Crippen molar-refractivity contribution in [3.63, 3.8) is 0 Å². The molecule has 0 unspecified atom stereocenters. The topological polar surface area (TPSA) is 95.1 Å². The highest BCUT2D eigenvalue weighted by Crippen LogP contribution is 2.25. The molecule has 0 bridgehead atoms. The van der Waals surface area contributed by atoms with Crippen molar-refractivity contribution in [2.45, 2.75) is 38.0 Å². The van der Waals surface area contributed by atoms with Gasteiger partial charge < -0.3 is 15.8 Å². The Kier molecular flexibility index (Phi) is 6.78. The van der Waals surface area contributed by atoms with E-state index in [4.69, 9.17) is 10.5 Å². The molecule has 7 nitrogen and oxygen atoms in total. The summed E-state index contributed by atoms with van der Waals surface area (Å²) in [5.74, 6) is -0.134. The molecule has 0 saturated heterocycles. The molecular formula is C25H29N5O2. The van der Waals surface area contributed by atoms with Crippen LogP contribution in [0.5, 0.6) is 0 Å². The molecule has 2 atom stereocenters. The van der Waals surface area contributed by atoms with Gasteiger partial charge in [0.25, 0.3) is 5.91 Å². The van der Waals surface area contributed by atoms with E-state index in [0.717, 1.165) is 47.1 Å². The molecule has 32 heavy (non-hydrogen) atoms. The minimum atomic E-state index is -0.134. The lowest BCUT2D eigenvalue weighted by atomic mass is 10.0. The van der Waals surface area contributed by atoms with Gasteiger partial charge in [0.15, 0.2) is 0 Å². The van der Waals surface area contributed by atoms with E-state index in [0.29, 0.717) is 18.7 Å². The molecule has 1 fully saturated rings. The number of aromatic nitrogens is 3. The van der Waals surface area contributed by atoms with Gasteiger partial charge in [0.05, 0.1) is 30.5 Å². The molecule has 0 aliphatic heterocycles. The Morgan fingerprint density at radius 3 is 2.88 bits per heavy atom. The summed E-state index contributed by atoms with van der Waals surface area (Å²) in [5, 5.41) is 7.34. The van der Waals surface area contributed by atoms with Crippen molar-refractivity contribution in [1.82, 2.24) is 20.1 Å². The summed E-state index contributed by atoms with van der Waals surface area (Å²) in [7, 11) is 1.86. The van der Waals surface area contributed by atoms with Gasteiger partial charge in [0, 0.05) is 43.3 Å². The van der Waals surface area contributed by atoms with Gasteiger partial charge in [-0.15, -0.1) is 0 Å². The number of carbonyl (C=O) groups is 1. The summed E-state index contributed by atoms with van der Waals surface area (Å²) < 4.78 is 7.93. The molecule has 0 spiro atoms. The van der Waals surface area contributed by atoms with E-state index in [1.165, 1.54) is 0 Å². The second-order valence-corrected chi connectivity index (χ2v) is 8.23. The molecule has 1 aromatic carbocycles. The predicted octanol–water partition coefficient (Wildman–Crippen LogP) is 3.32. The highest BCUT2D eigenvalue weighted by molar-refractivity contribution is 5.95. The van der Waals surface area contributed by atoms with Crippen LogP contribution in [0.25, 0.3) is 16.7 Å². The van der Waals surface area contributed by atoms with E-state index in [1.54, 1.807) is 23.3 Å². The maximum absolute atomic E-state index is 12.9. The number of aryl methyl sites for hydroxylation is 1. The summed E-state index contributed by atoms with van der Waals surface area (Å²) in [6.45, 7) is 4.91. The van der Waals surface area contributed by atoms with Crippen LogP contribution in [0, 0.1) is 0 Å². The SMILES string of the molecule is C=C(CN)c1cccc(CO[C@H]2CCC[C@@H]2NC(=O)c2cncc(-c3cnn(C)c3)c2)c1. The molecular weight excluding hydrogens is 402 g/mol. The zero-order valence-electron chi connectivity index (χ0n) is 18.3. The second kappa shape index (κ2) is 9.89. The number of ether oxygens (including phenoxy) is 1. The van der Waals surface area contributed by atoms with E-state index in [1.807, 2.05) is 37.5 Å². The Morgan fingerprint density at radius 1 is 1.22 bits per heavy atom. The first-order valence-electron chi connectivity index (χ1n) is 10.9. The number of benzene rings is 1. The number of pyridine rings is 1. The van der Waals surface area contributed by atoms with Crippen molar-refractivity contribution >= 4 is 11.5 Å². The van der Waals surface area contributed by atoms with Gasteiger partial charge in [-0.2, -0.15) is 5.10 Å². The Hall–Kier alpha value is -3.29. The van der Waals surface area contributed by atoms with Crippen molar-refractivity contribution < 1.29 is 9.53 Å². The third-order valence-corrected chi connectivity index (χ3v) is 5.85. The first-order chi connectivity index (χ1) is 15.5. The summed E-state index contributed by atoms with van der Waals surface area (Å²) in [4.78, 5) is 17.2. The monoisotopic (exact) mass is 431 g/mol. The summed E-state index contributed by atoms with van der Waals surface area (Å²) in [5.41, 5.74) is 11.0. The molecule has 4 rings (SSSR count). The van der Waals surface area contributed by atoms with Gasteiger partial charge in [0.2, 0.25) is 0 Å². The van der Waals surface area contributed by atoms with Gasteiger partial charge in [0.1, 0.15) is 0 Å². The highest BCUT2D eigenvalue weighted by atomic mass is 16.5. The van der Waals surface area contributed by atoms with Crippen molar-refractivity contribution in [3.8, 4) is 11.1 Å². The summed E-state index contributed by atoms with van der Waals surface area (Å²) in [6.07, 6.45) is 9.82. The van der Waals surface area contributed by atoms with E-state index in [9.17, 15) is 4.79 Å². The van der Waals surface area contributed by atoms with Crippen LogP contribution in [-0.2, 0) is 18.4 Å². The lowest BCUT2D eigenvalue weighted by Gasteiger charge is -2.22. The zero-order valence-corrected chi connectivity index (χ0v) is 18.3. The average molecular weight is 432 g/mol. The van der Waals surface area contributed by atoms with Gasteiger partial charge >= 0.3 is 0 Å². The highest BCUT2D eigenvalue weighted by Gasteiger charge is 2.29. The third kappa shape index (κ3) is 5.12. The fourth-order valence-corrected chi connectivity index (χ4v) is 4.04. The molecule has 166 valence electrons. The van der Waals surface area contributed by atoms with Crippen molar-refractivity contribution in [2.24, 2.45) is 12.8 Å². The molecule has 2 heterocycles. The van der Waals surface area contributed by atoms with Gasteiger partial charge in [-0.1, -0.05) is 24.8 Å². The molecule has 1 aliphatic carbocycles. The number of nitrogens with one attached hydrogen (secondary N) is 1. The number of nitrogens with zero attached hydrogens (tertiary/aromatic N) is 3. The smallest absolute Gasteiger partial charge is 0.253 e. The zero-order chi connectivity index (χ0) is 22.5. The third-order valence-electron chi connectivity index (χ3n) is 5.85. The Labute approximate surface area is 188 Å². The summed E-state index contributed by atoms with van der Waals surface area (Å²) >= 11 is 0. The van der Waals surface area contributed by atoms with Crippen molar-refractivity contribution in [2.75, 3.05) is 6.54 Å².